The van der Waals surface area contributed by atoms with E-state index in [1.54, 1.807) is 0 Å². The summed E-state index contributed by atoms with van der Waals surface area (Å²) in [6.07, 6.45) is 5.66. The number of anilines is 1. The molecule has 3 heteroatoms. The van der Waals surface area contributed by atoms with E-state index in [4.69, 9.17) is 0 Å². The van der Waals surface area contributed by atoms with Gasteiger partial charge in [0.1, 0.15) is 5.82 Å². The fraction of sp³-hybridized carbons (Fsp3) is 0.667. The molecule has 1 saturated heterocycles. The van der Waals surface area contributed by atoms with Crippen molar-refractivity contribution in [2.45, 2.75) is 39.2 Å². The van der Waals surface area contributed by atoms with E-state index in [9.17, 15) is 0 Å². The third-order valence-corrected chi connectivity index (χ3v) is 4.11. The number of piperazine rings is 1. The van der Waals surface area contributed by atoms with Gasteiger partial charge < -0.3 is 10.2 Å². The molecular formula is C15H23N3. The van der Waals surface area contributed by atoms with Crippen LogP contribution in [-0.2, 0) is 12.8 Å². The molecule has 1 aromatic rings. The van der Waals surface area contributed by atoms with Crippen molar-refractivity contribution in [3.05, 3.63) is 23.4 Å². The summed E-state index contributed by atoms with van der Waals surface area (Å²) in [6, 6.07) is 2.88. The molecule has 0 amide bonds. The molecule has 3 rings (SSSR count). The maximum atomic E-state index is 4.67. The van der Waals surface area contributed by atoms with Gasteiger partial charge in [-0.25, -0.2) is 4.98 Å². The standard InChI is InChI=1S/C15H23N3/c1-11(2)9-12-5-6-17-15-14(12)4-3-13-10-16-7-8-18(13)15/h5-6,11,13,16H,3-4,7-10H2,1-2H3. The van der Waals surface area contributed by atoms with Crippen molar-refractivity contribution in [3.63, 3.8) is 0 Å². The Balaban J connectivity index is 1.94. The van der Waals surface area contributed by atoms with Gasteiger partial charge in [0.25, 0.3) is 0 Å². The van der Waals surface area contributed by atoms with Crippen LogP contribution in [0.15, 0.2) is 12.3 Å². The van der Waals surface area contributed by atoms with E-state index in [0.717, 1.165) is 25.6 Å². The van der Waals surface area contributed by atoms with Crippen LogP contribution in [-0.4, -0.2) is 30.7 Å². The van der Waals surface area contributed by atoms with Crippen LogP contribution in [0.25, 0.3) is 0 Å². The summed E-state index contributed by atoms with van der Waals surface area (Å²) in [5, 5.41) is 3.49. The molecule has 1 fully saturated rings. The maximum absolute atomic E-state index is 4.67. The lowest BCUT2D eigenvalue weighted by Crippen LogP contribution is -2.53. The molecule has 1 unspecified atom stereocenters. The molecule has 3 nitrogen and oxygen atoms in total. The van der Waals surface area contributed by atoms with Gasteiger partial charge in [0, 0.05) is 31.9 Å². The van der Waals surface area contributed by atoms with E-state index < -0.39 is 0 Å². The Kier molecular flexibility index (Phi) is 3.25. The summed E-state index contributed by atoms with van der Waals surface area (Å²) in [5.41, 5.74) is 3.04. The topological polar surface area (TPSA) is 28.2 Å². The zero-order valence-electron chi connectivity index (χ0n) is 11.4. The molecule has 0 spiro atoms. The first-order chi connectivity index (χ1) is 8.75. The minimum Gasteiger partial charge on any atom is -0.351 e. The van der Waals surface area contributed by atoms with E-state index >= 15 is 0 Å². The molecule has 0 saturated carbocycles. The summed E-state index contributed by atoms with van der Waals surface area (Å²) in [6.45, 7) is 7.91. The van der Waals surface area contributed by atoms with E-state index in [1.165, 1.54) is 36.2 Å². The van der Waals surface area contributed by atoms with E-state index in [0.29, 0.717) is 6.04 Å². The van der Waals surface area contributed by atoms with Gasteiger partial charge >= 0.3 is 0 Å². The molecule has 0 aliphatic carbocycles. The molecule has 0 bridgehead atoms. The number of pyridine rings is 1. The number of hydrogen-bond acceptors (Lipinski definition) is 3. The lowest BCUT2D eigenvalue weighted by atomic mass is 9.90. The minimum absolute atomic E-state index is 0.660. The highest BCUT2D eigenvalue weighted by Gasteiger charge is 2.30. The van der Waals surface area contributed by atoms with Crippen LogP contribution >= 0.6 is 0 Å². The van der Waals surface area contributed by atoms with Crippen molar-refractivity contribution < 1.29 is 0 Å². The average molecular weight is 245 g/mol. The van der Waals surface area contributed by atoms with Gasteiger partial charge in [-0.3, -0.25) is 0 Å². The van der Waals surface area contributed by atoms with Crippen molar-refractivity contribution in [1.29, 1.82) is 0 Å². The van der Waals surface area contributed by atoms with Crippen molar-refractivity contribution in [2.24, 2.45) is 5.92 Å². The SMILES string of the molecule is CC(C)Cc1ccnc2c1CCC1CNCCN21. The Bertz CT molecular complexity index is 428. The minimum atomic E-state index is 0.660. The first-order valence-electron chi connectivity index (χ1n) is 7.20. The highest BCUT2D eigenvalue weighted by molar-refractivity contribution is 5.54. The number of aromatic nitrogens is 1. The van der Waals surface area contributed by atoms with Gasteiger partial charge in [-0.05, 0) is 42.4 Å². The molecule has 1 N–H and O–H groups in total. The molecule has 2 aliphatic rings. The van der Waals surface area contributed by atoms with Gasteiger partial charge in [0.2, 0.25) is 0 Å². The normalized spacial score (nSPS) is 22.8. The lowest BCUT2D eigenvalue weighted by molar-refractivity contribution is 0.434. The van der Waals surface area contributed by atoms with Gasteiger partial charge in [0.15, 0.2) is 0 Å². The number of hydrogen-bond donors (Lipinski definition) is 1. The molecule has 1 atom stereocenters. The molecule has 1 aromatic heterocycles. The summed E-state index contributed by atoms with van der Waals surface area (Å²) in [7, 11) is 0. The highest BCUT2D eigenvalue weighted by Crippen LogP contribution is 2.32. The Labute approximate surface area is 110 Å². The third-order valence-electron chi connectivity index (χ3n) is 4.11. The average Bonchev–Trinajstić information content (AvgIpc) is 2.38. The van der Waals surface area contributed by atoms with Gasteiger partial charge in [-0.2, -0.15) is 0 Å². The Morgan fingerprint density at radius 1 is 1.50 bits per heavy atom. The van der Waals surface area contributed by atoms with Crippen LogP contribution in [0.5, 0.6) is 0 Å². The fourth-order valence-electron chi connectivity index (χ4n) is 3.28. The van der Waals surface area contributed by atoms with Crippen LogP contribution in [0.3, 0.4) is 0 Å². The van der Waals surface area contributed by atoms with Crippen LogP contribution in [0, 0.1) is 5.92 Å². The van der Waals surface area contributed by atoms with Crippen LogP contribution in [0.1, 0.15) is 31.4 Å². The Hall–Kier alpha value is -1.09. The van der Waals surface area contributed by atoms with Crippen molar-refractivity contribution >= 4 is 5.82 Å². The molecule has 18 heavy (non-hydrogen) atoms. The van der Waals surface area contributed by atoms with Crippen molar-refractivity contribution in [1.82, 2.24) is 10.3 Å². The second kappa shape index (κ2) is 4.88. The van der Waals surface area contributed by atoms with Crippen LogP contribution in [0.4, 0.5) is 5.82 Å². The Morgan fingerprint density at radius 3 is 3.22 bits per heavy atom. The predicted octanol–water partition coefficient (Wildman–Crippen LogP) is 2.00. The predicted molar refractivity (Wildman–Crippen MR) is 75.1 cm³/mol. The third kappa shape index (κ3) is 2.12. The molecule has 0 aromatic carbocycles. The highest BCUT2D eigenvalue weighted by atomic mass is 15.3. The molecule has 2 aliphatic heterocycles. The summed E-state index contributed by atoms with van der Waals surface area (Å²) >= 11 is 0. The van der Waals surface area contributed by atoms with E-state index in [-0.39, 0.29) is 0 Å². The lowest BCUT2D eigenvalue weighted by Gasteiger charge is -2.42. The van der Waals surface area contributed by atoms with Crippen LogP contribution < -0.4 is 10.2 Å². The van der Waals surface area contributed by atoms with Gasteiger partial charge in [0.05, 0.1) is 0 Å². The second-order valence-electron chi connectivity index (χ2n) is 5.96. The zero-order valence-corrected chi connectivity index (χ0v) is 11.4. The van der Waals surface area contributed by atoms with Crippen LogP contribution in [0.2, 0.25) is 0 Å². The largest absolute Gasteiger partial charge is 0.351 e. The van der Waals surface area contributed by atoms with Gasteiger partial charge in [-0.1, -0.05) is 13.8 Å². The monoisotopic (exact) mass is 245 g/mol. The number of nitrogens with one attached hydrogen (secondary N) is 1. The summed E-state index contributed by atoms with van der Waals surface area (Å²) in [4.78, 5) is 7.20. The molecular weight excluding hydrogens is 222 g/mol. The molecule has 0 radical (unpaired) electrons. The van der Waals surface area contributed by atoms with E-state index in [2.05, 4.69) is 35.1 Å². The summed E-state index contributed by atoms with van der Waals surface area (Å²) in [5.74, 6) is 1.99. The first kappa shape index (κ1) is 12.0. The number of fused-ring (bicyclic) bond motifs is 3. The zero-order chi connectivity index (χ0) is 12.5. The molecule has 98 valence electrons. The molecule has 3 heterocycles. The fourth-order valence-corrected chi connectivity index (χ4v) is 3.28. The van der Waals surface area contributed by atoms with Crippen molar-refractivity contribution in [2.75, 3.05) is 24.5 Å². The number of rotatable bonds is 2. The quantitative estimate of drug-likeness (QED) is 0.864. The maximum Gasteiger partial charge on any atom is 0.132 e. The number of nitrogens with zero attached hydrogens (tertiary/aromatic N) is 2. The smallest absolute Gasteiger partial charge is 0.132 e. The second-order valence-corrected chi connectivity index (χ2v) is 5.96. The van der Waals surface area contributed by atoms with E-state index in [1.807, 2.05) is 6.20 Å². The first-order valence-corrected chi connectivity index (χ1v) is 7.20. The Morgan fingerprint density at radius 2 is 2.39 bits per heavy atom. The van der Waals surface area contributed by atoms with Crippen molar-refractivity contribution in [3.8, 4) is 0 Å². The van der Waals surface area contributed by atoms with Gasteiger partial charge in [-0.15, -0.1) is 0 Å². The summed E-state index contributed by atoms with van der Waals surface area (Å²) < 4.78 is 0.